The van der Waals surface area contributed by atoms with Crippen LogP contribution in [-0.4, -0.2) is 15.9 Å². The number of hydrogen-bond acceptors (Lipinski definition) is 4. The number of H-pyrrole nitrogens is 1. The van der Waals surface area contributed by atoms with Gasteiger partial charge in [0.25, 0.3) is 5.56 Å². The largest absolute Gasteiger partial charge is 0.349 e. The van der Waals surface area contributed by atoms with Crippen LogP contribution < -0.4 is 10.9 Å². The number of thiophene rings is 1. The quantitative estimate of drug-likeness (QED) is 0.635. The van der Waals surface area contributed by atoms with E-state index in [2.05, 4.69) is 53.4 Å². The Balaban J connectivity index is 1.44. The van der Waals surface area contributed by atoms with E-state index in [1.807, 2.05) is 0 Å². The number of carbonyl (C=O) groups excluding carboxylic acids is 1. The van der Waals surface area contributed by atoms with Crippen LogP contribution in [0.3, 0.4) is 0 Å². The summed E-state index contributed by atoms with van der Waals surface area (Å²) in [6.07, 6.45) is 5.91. The molecule has 3 aromatic rings. The van der Waals surface area contributed by atoms with Gasteiger partial charge in [-0.25, -0.2) is 4.98 Å². The molecule has 29 heavy (non-hydrogen) atoms. The molecule has 4 rings (SSSR count). The lowest BCUT2D eigenvalue weighted by molar-refractivity contribution is -0.121. The summed E-state index contributed by atoms with van der Waals surface area (Å²) in [5.41, 5.74) is 3.45. The second-order valence-electron chi connectivity index (χ2n) is 7.84. The van der Waals surface area contributed by atoms with E-state index in [9.17, 15) is 9.59 Å². The van der Waals surface area contributed by atoms with Crippen LogP contribution in [0.25, 0.3) is 10.2 Å². The molecule has 0 saturated heterocycles. The van der Waals surface area contributed by atoms with Gasteiger partial charge in [-0.05, 0) is 50.2 Å². The van der Waals surface area contributed by atoms with Crippen LogP contribution in [0.1, 0.15) is 66.0 Å². The number of fused-ring (bicyclic) bond motifs is 3. The molecule has 0 bridgehead atoms. The van der Waals surface area contributed by atoms with E-state index in [0.717, 1.165) is 41.5 Å². The highest BCUT2D eigenvalue weighted by Gasteiger charge is 2.20. The molecule has 5 nitrogen and oxygen atoms in total. The molecule has 0 fully saturated rings. The summed E-state index contributed by atoms with van der Waals surface area (Å²) >= 11 is 1.64. The molecule has 0 radical (unpaired) electrons. The monoisotopic (exact) mass is 409 g/mol. The van der Waals surface area contributed by atoms with E-state index in [1.54, 1.807) is 11.3 Å². The van der Waals surface area contributed by atoms with Gasteiger partial charge in [-0.2, -0.15) is 0 Å². The van der Waals surface area contributed by atoms with Crippen molar-refractivity contribution in [1.82, 2.24) is 15.3 Å². The lowest BCUT2D eigenvalue weighted by Crippen LogP contribution is -2.28. The van der Waals surface area contributed by atoms with E-state index >= 15 is 0 Å². The van der Waals surface area contributed by atoms with Crippen molar-refractivity contribution in [3.05, 3.63) is 62.0 Å². The van der Waals surface area contributed by atoms with Crippen LogP contribution in [0.4, 0.5) is 0 Å². The molecule has 2 heterocycles. The van der Waals surface area contributed by atoms with Crippen molar-refractivity contribution < 1.29 is 4.79 Å². The molecule has 2 N–H and O–H groups in total. The summed E-state index contributed by atoms with van der Waals surface area (Å²) in [5.74, 6) is 0.574. The second kappa shape index (κ2) is 8.49. The number of aromatic nitrogens is 2. The standard InChI is InChI=1S/C23H27N3O2S/c1-3-17(15-10-8-14(2)9-11-15)24-20(27)13-12-19-25-22(28)21-16-6-4-5-7-18(16)29-23(21)26-19/h8-11,17H,3-7,12-13H2,1-2H3,(H,24,27)(H,25,26,28)/t17-/m1/s1. The Hall–Kier alpha value is -2.47. The molecule has 6 heteroatoms. The third-order valence-electron chi connectivity index (χ3n) is 5.69. The highest BCUT2D eigenvalue weighted by Crippen LogP contribution is 2.33. The van der Waals surface area contributed by atoms with Crippen LogP contribution in [0.2, 0.25) is 0 Å². The van der Waals surface area contributed by atoms with Crippen molar-refractivity contribution in [3.63, 3.8) is 0 Å². The zero-order valence-electron chi connectivity index (χ0n) is 17.0. The zero-order chi connectivity index (χ0) is 20.4. The normalized spacial score (nSPS) is 14.6. The first kappa shape index (κ1) is 19.8. The smallest absolute Gasteiger partial charge is 0.259 e. The number of benzene rings is 1. The Bertz CT molecular complexity index is 1080. The van der Waals surface area contributed by atoms with Crippen LogP contribution in [0.15, 0.2) is 29.1 Å². The Morgan fingerprint density at radius 1 is 1.24 bits per heavy atom. The first-order valence-electron chi connectivity index (χ1n) is 10.4. The van der Waals surface area contributed by atoms with Crippen molar-refractivity contribution in [2.45, 2.75) is 64.8 Å². The lowest BCUT2D eigenvalue weighted by Gasteiger charge is -2.17. The molecule has 0 spiro atoms. The SMILES string of the molecule is CC[C@@H](NC(=O)CCc1nc2sc3c(c2c(=O)[nH]1)CCCC3)c1ccc(C)cc1. The minimum absolute atomic E-state index is 0.00149. The maximum Gasteiger partial charge on any atom is 0.259 e. The van der Waals surface area contributed by atoms with Crippen LogP contribution in [0.5, 0.6) is 0 Å². The summed E-state index contributed by atoms with van der Waals surface area (Å²) in [6.45, 7) is 4.12. The Morgan fingerprint density at radius 3 is 2.76 bits per heavy atom. The fraction of sp³-hybridized carbons (Fsp3) is 0.435. The average Bonchev–Trinajstić information content (AvgIpc) is 3.10. The molecule has 0 aliphatic heterocycles. The summed E-state index contributed by atoms with van der Waals surface area (Å²) in [5, 5.41) is 3.88. The summed E-state index contributed by atoms with van der Waals surface area (Å²) in [7, 11) is 0. The Kier molecular flexibility index (Phi) is 5.81. The topological polar surface area (TPSA) is 74.8 Å². The Morgan fingerprint density at radius 2 is 2.00 bits per heavy atom. The van der Waals surface area contributed by atoms with Gasteiger partial charge in [0, 0.05) is 17.7 Å². The minimum atomic E-state index is -0.0594. The number of aromatic amines is 1. The average molecular weight is 410 g/mol. The van der Waals surface area contributed by atoms with Crippen molar-refractivity contribution in [1.29, 1.82) is 0 Å². The molecule has 0 unspecified atom stereocenters. The number of amides is 1. The summed E-state index contributed by atoms with van der Waals surface area (Å²) < 4.78 is 0. The Labute approximate surface area is 174 Å². The van der Waals surface area contributed by atoms with Gasteiger partial charge in [0.1, 0.15) is 10.7 Å². The predicted molar refractivity (Wildman–Crippen MR) is 118 cm³/mol. The number of nitrogens with one attached hydrogen (secondary N) is 2. The fourth-order valence-corrected chi connectivity index (χ4v) is 5.33. The zero-order valence-corrected chi connectivity index (χ0v) is 17.8. The molecular weight excluding hydrogens is 382 g/mol. The van der Waals surface area contributed by atoms with Crippen LogP contribution in [-0.2, 0) is 24.1 Å². The molecule has 1 aromatic carbocycles. The van der Waals surface area contributed by atoms with E-state index in [4.69, 9.17) is 0 Å². The molecular formula is C23H27N3O2S. The van der Waals surface area contributed by atoms with Crippen molar-refractivity contribution >= 4 is 27.5 Å². The highest BCUT2D eigenvalue weighted by molar-refractivity contribution is 7.18. The van der Waals surface area contributed by atoms with Gasteiger partial charge < -0.3 is 10.3 Å². The predicted octanol–water partition coefficient (Wildman–Crippen LogP) is 4.37. The number of carbonyl (C=O) groups is 1. The van der Waals surface area contributed by atoms with Crippen LogP contribution in [0, 0.1) is 6.92 Å². The first-order valence-corrected chi connectivity index (χ1v) is 11.3. The first-order chi connectivity index (χ1) is 14.0. The van der Waals surface area contributed by atoms with Crippen molar-refractivity contribution in [2.75, 3.05) is 0 Å². The van der Waals surface area contributed by atoms with Gasteiger partial charge >= 0.3 is 0 Å². The molecule has 152 valence electrons. The van der Waals surface area contributed by atoms with E-state index in [-0.39, 0.29) is 17.5 Å². The van der Waals surface area contributed by atoms with Gasteiger partial charge in [-0.1, -0.05) is 36.8 Å². The molecule has 1 aliphatic rings. The van der Waals surface area contributed by atoms with Gasteiger partial charge in [0.2, 0.25) is 5.91 Å². The van der Waals surface area contributed by atoms with Gasteiger partial charge in [-0.3, -0.25) is 9.59 Å². The van der Waals surface area contributed by atoms with E-state index < -0.39 is 0 Å². The molecule has 1 aliphatic carbocycles. The van der Waals surface area contributed by atoms with Crippen molar-refractivity contribution in [2.24, 2.45) is 0 Å². The third kappa shape index (κ3) is 4.27. The molecule has 2 aromatic heterocycles. The maximum atomic E-state index is 12.6. The van der Waals surface area contributed by atoms with Crippen LogP contribution >= 0.6 is 11.3 Å². The lowest BCUT2D eigenvalue weighted by atomic mass is 9.97. The van der Waals surface area contributed by atoms with Crippen molar-refractivity contribution in [3.8, 4) is 0 Å². The second-order valence-corrected chi connectivity index (χ2v) is 8.93. The minimum Gasteiger partial charge on any atom is -0.349 e. The molecule has 1 amide bonds. The van der Waals surface area contributed by atoms with Gasteiger partial charge in [0.15, 0.2) is 0 Å². The number of aryl methyl sites for hydroxylation is 4. The fourth-order valence-electron chi connectivity index (χ4n) is 4.05. The summed E-state index contributed by atoms with van der Waals surface area (Å²) in [4.78, 5) is 34.8. The summed E-state index contributed by atoms with van der Waals surface area (Å²) in [6, 6.07) is 8.26. The third-order valence-corrected chi connectivity index (χ3v) is 6.87. The van der Waals surface area contributed by atoms with Gasteiger partial charge in [-0.15, -0.1) is 11.3 Å². The maximum absolute atomic E-state index is 12.6. The number of rotatable bonds is 6. The number of nitrogens with zero attached hydrogens (tertiary/aromatic N) is 1. The molecule has 0 saturated carbocycles. The number of hydrogen-bond donors (Lipinski definition) is 2. The van der Waals surface area contributed by atoms with Gasteiger partial charge in [0.05, 0.1) is 11.4 Å². The van der Waals surface area contributed by atoms with E-state index in [0.29, 0.717) is 18.7 Å². The molecule has 1 atom stereocenters. The van der Waals surface area contributed by atoms with E-state index in [1.165, 1.54) is 22.4 Å². The highest BCUT2D eigenvalue weighted by atomic mass is 32.1.